The van der Waals surface area contributed by atoms with Crippen molar-refractivity contribution < 1.29 is 19.1 Å². The van der Waals surface area contributed by atoms with Crippen LogP contribution in [-0.2, 0) is 21.4 Å². The molecule has 0 unspecified atom stereocenters. The highest BCUT2D eigenvalue weighted by atomic mass is 32.2. The number of hydrogen-bond donors (Lipinski definition) is 1. The Morgan fingerprint density at radius 2 is 1.88 bits per heavy atom. The number of aromatic nitrogens is 1. The largest absolute Gasteiger partial charge is 0.494 e. The van der Waals surface area contributed by atoms with E-state index in [-0.39, 0.29) is 17.6 Å². The summed E-state index contributed by atoms with van der Waals surface area (Å²) in [6.07, 6.45) is 0.709. The molecule has 3 aromatic rings. The van der Waals surface area contributed by atoms with Crippen molar-refractivity contribution in [3.05, 3.63) is 54.1 Å². The van der Waals surface area contributed by atoms with Gasteiger partial charge in [0, 0.05) is 49.0 Å². The van der Waals surface area contributed by atoms with Crippen molar-refractivity contribution in [2.24, 2.45) is 7.05 Å². The second-order valence-electron chi connectivity index (χ2n) is 8.02. The molecule has 2 amide bonds. The molecule has 0 radical (unpaired) electrons. The molecule has 0 spiro atoms. The third-order valence-corrected chi connectivity index (χ3v) is 7.02. The summed E-state index contributed by atoms with van der Waals surface area (Å²) in [6.45, 7) is 6.14. The molecule has 180 valence electrons. The van der Waals surface area contributed by atoms with E-state index in [4.69, 9.17) is 9.47 Å². The number of para-hydroxylation sites is 1. The summed E-state index contributed by atoms with van der Waals surface area (Å²) < 4.78 is 13.1. The number of anilines is 1. The SMILES string of the molecule is CCOCCCNC(=O)[C@H]1c2c(n(C)c3ccccc23)SCC(=O)N1c1ccc(OCC)cc1. The summed E-state index contributed by atoms with van der Waals surface area (Å²) in [6, 6.07) is 14.6. The predicted octanol–water partition coefficient (Wildman–Crippen LogP) is 4.30. The standard InChI is InChI=1S/C26H31N3O4S/c1-4-32-16-8-15-27-25(31)24-23-20-9-6-7-10-21(20)28(3)26(23)34-17-22(30)29(24)18-11-13-19(14-12-18)33-5-2/h6-7,9-14,24H,4-5,8,15-17H2,1-3H3,(H,27,31)/t24-/m1/s1. The van der Waals surface area contributed by atoms with Gasteiger partial charge in [0.1, 0.15) is 11.8 Å². The fraction of sp³-hybridized carbons (Fsp3) is 0.385. The van der Waals surface area contributed by atoms with Gasteiger partial charge < -0.3 is 19.4 Å². The molecule has 2 heterocycles. The minimum absolute atomic E-state index is 0.107. The molecule has 2 aromatic carbocycles. The third-order valence-electron chi connectivity index (χ3n) is 5.87. The van der Waals surface area contributed by atoms with Crippen LogP contribution in [0.15, 0.2) is 53.6 Å². The molecule has 8 heteroatoms. The lowest BCUT2D eigenvalue weighted by Crippen LogP contribution is -2.44. The Morgan fingerprint density at radius 3 is 2.62 bits per heavy atom. The van der Waals surface area contributed by atoms with Crippen LogP contribution in [0.1, 0.15) is 31.9 Å². The van der Waals surface area contributed by atoms with Crippen molar-refractivity contribution in [1.82, 2.24) is 9.88 Å². The van der Waals surface area contributed by atoms with Gasteiger partial charge in [-0.2, -0.15) is 0 Å². The van der Waals surface area contributed by atoms with E-state index < -0.39 is 6.04 Å². The normalized spacial score (nSPS) is 15.8. The fourth-order valence-electron chi connectivity index (χ4n) is 4.35. The molecule has 7 nitrogen and oxygen atoms in total. The van der Waals surface area contributed by atoms with Crippen molar-refractivity contribution >= 4 is 40.2 Å². The van der Waals surface area contributed by atoms with Gasteiger partial charge in [0.2, 0.25) is 11.8 Å². The number of carbonyl (C=O) groups excluding carboxylic acids is 2. The number of hydrogen-bond acceptors (Lipinski definition) is 5. The average Bonchev–Trinajstić information content (AvgIpc) is 3.02. The van der Waals surface area contributed by atoms with Crippen molar-refractivity contribution in [1.29, 1.82) is 0 Å². The minimum atomic E-state index is -0.784. The molecule has 0 aliphatic carbocycles. The molecule has 1 atom stereocenters. The highest BCUT2D eigenvalue weighted by Gasteiger charge is 2.39. The van der Waals surface area contributed by atoms with Gasteiger partial charge in [0.05, 0.1) is 17.4 Å². The number of ether oxygens (including phenoxy) is 2. The zero-order valence-electron chi connectivity index (χ0n) is 19.9. The van der Waals surface area contributed by atoms with Crippen LogP contribution in [0.2, 0.25) is 0 Å². The summed E-state index contributed by atoms with van der Waals surface area (Å²) in [5.74, 6) is 0.673. The van der Waals surface area contributed by atoms with Gasteiger partial charge in [0.25, 0.3) is 0 Å². The second kappa shape index (κ2) is 11.0. The van der Waals surface area contributed by atoms with E-state index in [1.807, 2.05) is 69.4 Å². The van der Waals surface area contributed by atoms with E-state index in [1.54, 1.807) is 4.90 Å². The first-order chi connectivity index (χ1) is 16.6. The second-order valence-corrected chi connectivity index (χ2v) is 8.98. The highest BCUT2D eigenvalue weighted by Crippen LogP contribution is 2.43. The van der Waals surface area contributed by atoms with Crippen LogP contribution in [0.3, 0.4) is 0 Å². The highest BCUT2D eigenvalue weighted by molar-refractivity contribution is 8.00. The lowest BCUT2D eigenvalue weighted by molar-refractivity contribution is -0.125. The molecule has 4 rings (SSSR count). The summed E-state index contributed by atoms with van der Waals surface area (Å²) in [4.78, 5) is 28.8. The Hall–Kier alpha value is -2.97. The maximum Gasteiger partial charge on any atom is 0.247 e. The van der Waals surface area contributed by atoms with Crippen LogP contribution in [0.25, 0.3) is 10.9 Å². The van der Waals surface area contributed by atoms with E-state index in [0.717, 1.165) is 27.2 Å². The van der Waals surface area contributed by atoms with Crippen molar-refractivity contribution in [3.63, 3.8) is 0 Å². The van der Waals surface area contributed by atoms with Gasteiger partial charge in [-0.15, -0.1) is 0 Å². The Bertz CT molecular complexity index is 1160. The molecule has 1 aliphatic heterocycles. The lowest BCUT2D eigenvalue weighted by atomic mass is 10.0. The Kier molecular flexibility index (Phi) is 7.80. The molecular formula is C26H31N3O4S. The summed E-state index contributed by atoms with van der Waals surface area (Å²) >= 11 is 1.48. The molecule has 0 fully saturated rings. The van der Waals surface area contributed by atoms with E-state index in [9.17, 15) is 9.59 Å². The lowest BCUT2D eigenvalue weighted by Gasteiger charge is -2.30. The number of rotatable bonds is 9. The van der Waals surface area contributed by atoms with Gasteiger partial charge in [0.15, 0.2) is 0 Å². The minimum Gasteiger partial charge on any atom is -0.494 e. The smallest absolute Gasteiger partial charge is 0.247 e. The van der Waals surface area contributed by atoms with Gasteiger partial charge in [-0.05, 0) is 50.6 Å². The zero-order valence-corrected chi connectivity index (χ0v) is 20.7. The van der Waals surface area contributed by atoms with Crippen LogP contribution in [0.4, 0.5) is 5.69 Å². The average molecular weight is 482 g/mol. The van der Waals surface area contributed by atoms with E-state index >= 15 is 0 Å². The molecule has 0 saturated heterocycles. The van der Waals surface area contributed by atoms with Crippen molar-refractivity contribution in [3.8, 4) is 5.75 Å². The summed E-state index contributed by atoms with van der Waals surface area (Å²) in [5, 5.41) is 4.97. The maximum absolute atomic E-state index is 13.7. The molecule has 1 N–H and O–H groups in total. The zero-order chi connectivity index (χ0) is 24.1. The van der Waals surface area contributed by atoms with Gasteiger partial charge in [-0.3, -0.25) is 14.5 Å². The molecular weight excluding hydrogens is 450 g/mol. The first kappa shape index (κ1) is 24.2. The Morgan fingerprint density at radius 1 is 1.12 bits per heavy atom. The third kappa shape index (κ3) is 4.79. The Balaban J connectivity index is 1.78. The van der Waals surface area contributed by atoms with Crippen LogP contribution in [0.5, 0.6) is 5.75 Å². The molecule has 1 aliphatic rings. The topological polar surface area (TPSA) is 72.8 Å². The van der Waals surface area contributed by atoms with Gasteiger partial charge in [-0.1, -0.05) is 30.0 Å². The number of aryl methyl sites for hydroxylation is 1. The van der Waals surface area contributed by atoms with Crippen molar-refractivity contribution in [2.45, 2.75) is 31.3 Å². The number of benzene rings is 2. The number of thioether (sulfide) groups is 1. The number of carbonyl (C=O) groups is 2. The monoisotopic (exact) mass is 481 g/mol. The van der Waals surface area contributed by atoms with Gasteiger partial charge >= 0.3 is 0 Å². The van der Waals surface area contributed by atoms with Crippen LogP contribution in [0, 0.1) is 0 Å². The maximum atomic E-state index is 13.7. The molecule has 0 saturated carbocycles. The predicted molar refractivity (Wildman–Crippen MR) is 136 cm³/mol. The number of nitrogens with zero attached hydrogens (tertiary/aromatic N) is 2. The number of nitrogens with one attached hydrogen (secondary N) is 1. The quantitative estimate of drug-likeness (QED) is 0.462. The van der Waals surface area contributed by atoms with E-state index in [2.05, 4.69) is 9.88 Å². The van der Waals surface area contributed by atoms with Crippen LogP contribution >= 0.6 is 11.8 Å². The van der Waals surface area contributed by atoms with Crippen LogP contribution in [-0.4, -0.2) is 48.5 Å². The van der Waals surface area contributed by atoms with Gasteiger partial charge in [-0.25, -0.2) is 0 Å². The van der Waals surface area contributed by atoms with Crippen LogP contribution < -0.4 is 15.0 Å². The van der Waals surface area contributed by atoms with Crippen molar-refractivity contribution in [2.75, 3.05) is 37.0 Å². The number of amides is 2. The first-order valence-corrected chi connectivity index (χ1v) is 12.7. The number of fused-ring (bicyclic) bond motifs is 3. The summed E-state index contributed by atoms with van der Waals surface area (Å²) in [5.41, 5.74) is 2.57. The molecule has 34 heavy (non-hydrogen) atoms. The molecule has 0 bridgehead atoms. The molecule has 1 aromatic heterocycles. The van der Waals surface area contributed by atoms with E-state index in [1.165, 1.54) is 11.8 Å². The van der Waals surface area contributed by atoms with E-state index in [0.29, 0.717) is 38.5 Å². The first-order valence-electron chi connectivity index (χ1n) is 11.7. The summed E-state index contributed by atoms with van der Waals surface area (Å²) in [7, 11) is 1.99. The Labute approximate surface area is 204 Å². The fourth-order valence-corrected chi connectivity index (χ4v) is 5.42.